The Bertz CT molecular complexity index is 241. The summed E-state index contributed by atoms with van der Waals surface area (Å²) < 4.78 is 13.8. The van der Waals surface area contributed by atoms with Crippen molar-refractivity contribution in [1.29, 1.82) is 0 Å². The molecule has 1 aromatic heterocycles. The Morgan fingerprint density at radius 3 is 2.93 bits per heavy atom. The molecule has 0 saturated carbocycles. The summed E-state index contributed by atoms with van der Waals surface area (Å²) in [6.07, 6.45) is 3.98. The normalized spacial score (nSPS) is 12.9. The second-order valence-electron chi connectivity index (χ2n) is 3.41. The maximum Gasteiger partial charge on any atom is 0.0935 e. The molecule has 0 fully saturated rings. The van der Waals surface area contributed by atoms with Gasteiger partial charge in [-0.3, -0.25) is 0 Å². The Morgan fingerprint density at radius 2 is 2.33 bits per heavy atom. The molecule has 5 heteroatoms. The smallest absolute Gasteiger partial charge is 0.0935 e. The zero-order valence-corrected chi connectivity index (χ0v) is 10.2. The standard InChI is InChI=1S/C10H19N3OS/c1-3-5-11-10(8-14-6-4-2)9-7-12-15-13-9/h7,10-11H,3-6,8H2,1-2H3. The van der Waals surface area contributed by atoms with Gasteiger partial charge < -0.3 is 10.1 Å². The highest BCUT2D eigenvalue weighted by Crippen LogP contribution is 2.10. The van der Waals surface area contributed by atoms with Crippen LogP contribution in [0.25, 0.3) is 0 Å². The fraction of sp³-hybridized carbons (Fsp3) is 0.800. The molecule has 1 heterocycles. The SMILES string of the molecule is CCCNC(COCCC)c1cnsn1. The fourth-order valence-corrected chi connectivity index (χ4v) is 1.71. The lowest BCUT2D eigenvalue weighted by molar-refractivity contribution is 0.111. The monoisotopic (exact) mass is 229 g/mol. The molecule has 15 heavy (non-hydrogen) atoms. The summed E-state index contributed by atoms with van der Waals surface area (Å²) >= 11 is 1.25. The molecule has 0 aromatic carbocycles. The van der Waals surface area contributed by atoms with Gasteiger partial charge in [0.2, 0.25) is 0 Å². The van der Waals surface area contributed by atoms with Crippen LogP contribution in [-0.2, 0) is 4.74 Å². The van der Waals surface area contributed by atoms with E-state index in [1.807, 2.05) is 6.20 Å². The molecule has 0 aliphatic rings. The van der Waals surface area contributed by atoms with Gasteiger partial charge in [0.15, 0.2) is 0 Å². The van der Waals surface area contributed by atoms with Crippen molar-refractivity contribution < 1.29 is 4.74 Å². The highest BCUT2D eigenvalue weighted by atomic mass is 32.1. The van der Waals surface area contributed by atoms with Crippen LogP contribution in [0.5, 0.6) is 0 Å². The number of nitrogens with zero attached hydrogens (tertiary/aromatic N) is 2. The van der Waals surface area contributed by atoms with Crippen molar-refractivity contribution >= 4 is 11.7 Å². The van der Waals surface area contributed by atoms with Crippen LogP contribution in [0, 0.1) is 0 Å². The van der Waals surface area contributed by atoms with E-state index in [0.717, 1.165) is 31.7 Å². The van der Waals surface area contributed by atoms with Crippen LogP contribution in [0.4, 0.5) is 0 Å². The first-order valence-electron chi connectivity index (χ1n) is 5.47. The van der Waals surface area contributed by atoms with Gasteiger partial charge in [-0.05, 0) is 19.4 Å². The van der Waals surface area contributed by atoms with Gasteiger partial charge in [-0.25, -0.2) is 0 Å². The Labute approximate surface area is 95.4 Å². The molecule has 0 radical (unpaired) electrons. The molecular weight excluding hydrogens is 210 g/mol. The molecule has 4 nitrogen and oxygen atoms in total. The van der Waals surface area contributed by atoms with Crippen LogP contribution in [-0.4, -0.2) is 28.5 Å². The number of ether oxygens (including phenoxy) is 1. The van der Waals surface area contributed by atoms with Crippen LogP contribution in [0.1, 0.15) is 38.4 Å². The van der Waals surface area contributed by atoms with Gasteiger partial charge in [0.05, 0.1) is 36.3 Å². The summed E-state index contributed by atoms with van der Waals surface area (Å²) in [5.74, 6) is 0. The Balaban J connectivity index is 2.39. The second kappa shape index (κ2) is 7.73. The van der Waals surface area contributed by atoms with Crippen molar-refractivity contribution in [2.24, 2.45) is 0 Å². The minimum atomic E-state index is 0.190. The molecule has 0 aliphatic heterocycles. The predicted octanol–water partition coefficient (Wildman–Crippen LogP) is 2.01. The summed E-state index contributed by atoms with van der Waals surface area (Å²) in [7, 11) is 0. The largest absolute Gasteiger partial charge is 0.379 e. The zero-order valence-electron chi connectivity index (χ0n) is 9.40. The minimum absolute atomic E-state index is 0.190. The third-order valence-electron chi connectivity index (χ3n) is 2.01. The van der Waals surface area contributed by atoms with Crippen molar-refractivity contribution in [2.75, 3.05) is 19.8 Å². The Hall–Kier alpha value is -0.520. The van der Waals surface area contributed by atoms with Crippen molar-refractivity contribution in [3.05, 3.63) is 11.9 Å². The first-order valence-corrected chi connectivity index (χ1v) is 6.20. The lowest BCUT2D eigenvalue weighted by atomic mass is 10.2. The van der Waals surface area contributed by atoms with Crippen molar-refractivity contribution in [1.82, 2.24) is 14.1 Å². The molecule has 0 bridgehead atoms. The summed E-state index contributed by atoms with van der Waals surface area (Å²) in [6.45, 7) is 6.73. The van der Waals surface area contributed by atoms with Crippen LogP contribution >= 0.6 is 11.7 Å². The van der Waals surface area contributed by atoms with Gasteiger partial charge in [0.25, 0.3) is 0 Å². The summed E-state index contributed by atoms with van der Waals surface area (Å²) in [6, 6.07) is 0.190. The van der Waals surface area contributed by atoms with E-state index >= 15 is 0 Å². The van der Waals surface area contributed by atoms with Crippen molar-refractivity contribution in [2.45, 2.75) is 32.7 Å². The van der Waals surface area contributed by atoms with Gasteiger partial charge in [0.1, 0.15) is 0 Å². The topological polar surface area (TPSA) is 47.0 Å². The lowest BCUT2D eigenvalue weighted by Crippen LogP contribution is -2.26. The van der Waals surface area contributed by atoms with Gasteiger partial charge in [-0.1, -0.05) is 13.8 Å². The third-order valence-corrected chi connectivity index (χ3v) is 2.50. The molecule has 0 aliphatic carbocycles. The van der Waals surface area contributed by atoms with Gasteiger partial charge >= 0.3 is 0 Å². The van der Waals surface area contributed by atoms with E-state index in [1.165, 1.54) is 11.7 Å². The van der Waals surface area contributed by atoms with E-state index in [2.05, 4.69) is 27.9 Å². The molecule has 0 saturated heterocycles. The predicted molar refractivity (Wildman–Crippen MR) is 62.1 cm³/mol. The summed E-state index contributed by atoms with van der Waals surface area (Å²) in [4.78, 5) is 0. The van der Waals surface area contributed by atoms with Gasteiger partial charge in [0, 0.05) is 6.61 Å². The maximum atomic E-state index is 5.54. The van der Waals surface area contributed by atoms with E-state index < -0.39 is 0 Å². The van der Waals surface area contributed by atoms with Crippen molar-refractivity contribution in [3.63, 3.8) is 0 Å². The molecule has 0 amide bonds. The molecule has 1 rings (SSSR count). The number of hydrogen-bond acceptors (Lipinski definition) is 5. The molecular formula is C10H19N3OS. The summed E-state index contributed by atoms with van der Waals surface area (Å²) in [5, 5.41) is 3.41. The molecule has 1 N–H and O–H groups in total. The average Bonchev–Trinajstić information content (AvgIpc) is 2.76. The molecule has 0 spiro atoms. The highest BCUT2D eigenvalue weighted by molar-refractivity contribution is 6.99. The van der Waals surface area contributed by atoms with Crippen LogP contribution in [0.2, 0.25) is 0 Å². The molecule has 86 valence electrons. The van der Waals surface area contributed by atoms with E-state index in [1.54, 1.807) is 0 Å². The van der Waals surface area contributed by atoms with E-state index in [0.29, 0.717) is 6.61 Å². The van der Waals surface area contributed by atoms with Gasteiger partial charge in [-0.15, -0.1) is 0 Å². The Kier molecular flexibility index (Phi) is 6.47. The van der Waals surface area contributed by atoms with Crippen molar-refractivity contribution in [3.8, 4) is 0 Å². The lowest BCUT2D eigenvalue weighted by Gasteiger charge is -2.15. The Morgan fingerprint density at radius 1 is 1.47 bits per heavy atom. The number of rotatable bonds is 8. The average molecular weight is 229 g/mol. The van der Waals surface area contributed by atoms with E-state index in [9.17, 15) is 0 Å². The van der Waals surface area contributed by atoms with Crippen LogP contribution < -0.4 is 5.32 Å². The molecule has 1 atom stereocenters. The maximum absolute atomic E-state index is 5.54. The number of aromatic nitrogens is 2. The zero-order chi connectivity index (χ0) is 10.9. The molecule has 1 unspecified atom stereocenters. The number of hydrogen-bond donors (Lipinski definition) is 1. The van der Waals surface area contributed by atoms with E-state index in [4.69, 9.17) is 4.74 Å². The summed E-state index contributed by atoms with van der Waals surface area (Å²) in [5.41, 5.74) is 0.990. The van der Waals surface area contributed by atoms with Gasteiger partial charge in [-0.2, -0.15) is 8.75 Å². The van der Waals surface area contributed by atoms with Crippen LogP contribution in [0.15, 0.2) is 6.20 Å². The first-order chi connectivity index (χ1) is 7.38. The van der Waals surface area contributed by atoms with Crippen LogP contribution in [0.3, 0.4) is 0 Å². The number of nitrogens with one attached hydrogen (secondary N) is 1. The second-order valence-corrected chi connectivity index (χ2v) is 3.97. The fourth-order valence-electron chi connectivity index (χ4n) is 1.24. The highest BCUT2D eigenvalue weighted by Gasteiger charge is 2.13. The quantitative estimate of drug-likeness (QED) is 0.693. The first kappa shape index (κ1) is 12.5. The molecule has 1 aromatic rings. The third kappa shape index (κ3) is 4.68. The minimum Gasteiger partial charge on any atom is -0.379 e. The van der Waals surface area contributed by atoms with E-state index in [-0.39, 0.29) is 6.04 Å².